The van der Waals surface area contributed by atoms with Crippen molar-refractivity contribution in [2.75, 3.05) is 10.6 Å². The number of aryl methyl sites for hydroxylation is 1. The number of hydrogen-bond acceptors (Lipinski definition) is 5. The second-order valence-corrected chi connectivity index (χ2v) is 9.46. The van der Waals surface area contributed by atoms with E-state index in [1.165, 1.54) is 0 Å². The SMILES string of the molecule is Cc1ccnc(C(=O)Nc2ccc(CN3C(=O)c4ccc(Cl)cc4NC(=O)C3Cc3ccccn3)cc2)c1. The lowest BCUT2D eigenvalue weighted by molar-refractivity contribution is -0.120. The van der Waals surface area contributed by atoms with Crippen molar-refractivity contribution in [3.8, 4) is 0 Å². The van der Waals surface area contributed by atoms with Gasteiger partial charge >= 0.3 is 0 Å². The predicted octanol–water partition coefficient (Wildman–Crippen LogP) is 4.90. The molecule has 5 rings (SSSR count). The Kier molecular flexibility index (Phi) is 7.15. The molecule has 2 aromatic carbocycles. The number of nitrogens with one attached hydrogen (secondary N) is 2. The van der Waals surface area contributed by atoms with Crippen LogP contribution in [0, 0.1) is 6.92 Å². The van der Waals surface area contributed by atoms with Crippen molar-refractivity contribution in [1.82, 2.24) is 14.9 Å². The Bertz CT molecular complexity index is 1510. The van der Waals surface area contributed by atoms with Gasteiger partial charge in [0.1, 0.15) is 11.7 Å². The van der Waals surface area contributed by atoms with Gasteiger partial charge in [-0.25, -0.2) is 0 Å². The van der Waals surface area contributed by atoms with Crippen molar-refractivity contribution < 1.29 is 14.4 Å². The third-order valence-corrected chi connectivity index (χ3v) is 6.49. The van der Waals surface area contributed by atoms with Gasteiger partial charge in [0.2, 0.25) is 5.91 Å². The topological polar surface area (TPSA) is 104 Å². The smallest absolute Gasteiger partial charge is 0.274 e. The van der Waals surface area contributed by atoms with Gasteiger partial charge in [0.15, 0.2) is 0 Å². The van der Waals surface area contributed by atoms with E-state index in [-0.39, 0.29) is 30.7 Å². The number of pyridine rings is 2. The van der Waals surface area contributed by atoms with Gasteiger partial charge in [-0.15, -0.1) is 0 Å². The van der Waals surface area contributed by atoms with Crippen LogP contribution in [0.3, 0.4) is 0 Å². The Labute approximate surface area is 224 Å². The average Bonchev–Trinajstić information content (AvgIpc) is 3.00. The second-order valence-electron chi connectivity index (χ2n) is 9.02. The van der Waals surface area contributed by atoms with E-state index in [1.807, 2.05) is 37.3 Å². The minimum absolute atomic E-state index is 0.180. The maximum atomic E-state index is 13.7. The van der Waals surface area contributed by atoms with Crippen LogP contribution in [0.2, 0.25) is 5.02 Å². The van der Waals surface area contributed by atoms with Gasteiger partial charge < -0.3 is 15.5 Å². The Morgan fingerprint density at radius 3 is 2.55 bits per heavy atom. The molecule has 0 radical (unpaired) electrons. The first-order valence-corrected chi connectivity index (χ1v) is 12.4. The summed E-state index contributed by atoms with van der Waals surface area (Å²) in [7, 11) is 0. The first kappa shape index (κ1) is 25.1. The highest BCUT2D eigenvalue weighted by molar-refractivity contribution is 6.31. The molecule has 1 aliphatic rings. The number of halogens is 1. The highest BCUT2D eigenvalue weighted by Crippen LogP contribution is 2.29. The zero-order chi connectivity index (χ0) is 26.6. The maximum absolute atomic E-state index is 13.7. The molecule has 2 N–H and O–H groups in total. The number of fused-ring (bicyclic) bond motifs is 1. The first-order chi connectivity index (χ1) is 18.4. The van der Waals surface area contributed by atoms with E-state index in [2.05, 4.69) is 20.6 Å². The van der Waals surface area contributed by atoms with E-state index in [0.717, 1.165) is 11.1 Å². The third-order valence-electron chi connectivity index (χ3n) is 6.25. The van der Waals surface area contributed by atoms with Crippen LogP contribution in [0.25, 0.3) is 0 Å². The number of hydrogen-bond donors (Lipinski definition) is 2. The van der Waals surface area contributed by atoms with Gasteiger partial charge in [-0.05, 0) is 72.6 Å². The van der Waals surface area contributed by atoms with Crippen LogP contribution in [0.4, 0.5) is 11.4 Å². The molecule has 38 heavy (non-hydrogen) atoms. The van der Waals surface area contributed by atoms with Gasteiger partial charge in [-0.2, -0.15) is 0 Å². The fraction of sp³-hybridized carbons (Fsp3) is 0.138. The van der Waals surface area contributed by atoms with E-state index in [0.29, 0.717) is 33.3 Å². The molecule has 0 aliphatic carbocycles. The molecule has 0 saturated heterocycles. The van der Waals surface area contributed by atoms with E-state index in [9.17, 15) is 14.4 Å². The number of anilines is 2. The van der Waals surface area contributed by atoms with Crippen molar-refractivity contribution >= 4 is 40.7 Å². The minimum atomic E-state index is -0.796. The quantitative estimate of drug-likeness (QED) is 0.373. The van der Waals surface area contributed by atoms with Gasteiger partial charge in [0.25, 0.3) is 11.8 Å². The zero-order valence-corrected chi connectivity index (χ0v) is 21.3. The van der Waals surface area contributed by atoms with Gasteiger partial charge in [0.05, 0.1) is 11.3 Å². The summed E-state index contributed by atoms with van der Waals surface area (Å²) in [5.41, 5.74) is 4.08. The largest absolute Gasteiger partial charge is 0.323 e. The van der Waals surface area contributed by atoms with Crippen molar-refractivity contribution in [1.29, 1.82) is 0 Å². The molecule has 0 bridgehead atoms. The van der Waals surface area contributed by atoms with Crippen LogP contribution >= 0.6 is 11.6 Å². The van der Waals surface area contributed by atoms with Gasteiger partial charge in [0, 0.05) is 41.8 Å². The number of aromatic nitrogens is 2. The van der Waals surface area contributed by atoms with Crippen molar-refractivity contribution in [3.05, 3.63) is 118 Å². The van der Waals surface area contributed by atoms with Crippen LogP contribution in [0.1, 0.15) is 37.7 Å². The van der Waals surface area contributed by atoms with Crippen LogP contribution in [-0.2, 0) is 17.8 Å². The van der Waals surface area contributed by atoms with Crippen LogP contribution in [0.15, 0.2) is 85.2 Å². The number of carbonyl (C=O) groups excluding carboxylic acids is 3. The molecule has 1 atom stereocenters. The summed E-state index contributed by atoms with van der Waals surface area (Å²) in [5.74, 6) is -0.926. The number of carbonyl (C=O) groups is 3. The van der Waals surface area contributed by atoms with E-state index in [1.54, 1.807) is 59.8 Å². The minimum Gasteiger partial charge on any atom is -0.323 e. The fourth-order valence-electron chi connectivity index (χ4n) is 4.31. The van der Waals surface area contributed by atoms with Crippen molar-refractivity contribution in [2.24, 2.45) is 0 Å². The number of benzene rings is 2. The molecule has 1 aliphatic heterocycles. The summed E-state index contributed by atoms with van der Waals surface area (Å²) in [4.78, 5) is 49.6. The predicted molar refractivity (Wildman–Crippen MR) is 145 cm³/mol. The standard InChI is InChI=1S/C29H24ClN5O3/c1-18-11-13-32-25(14-18)27(36)33-21-8-5-19(6-9-21)17-35-26(16-22-4-2-3-12-31-22)28(37)34-24-15-20(30)7-10-23(24)29(35)38/h2-15,26H,16-17H2,1H3,(H,33,36)(H,34,37). The van der Waals surface area contributed by atoms with Gasteiger partial charge in [-0.1, -0.05) is 29.8 Å². The molecule has 3 heterocycles. The average molecular weight is 526 g/mol. The Hall–Kier alpha value is -4.56. The second kappa shape index (κ2) is 10.8. The molecule has 2 aromatic heterocycles. The van der Waals surface area contributed by atoms with E-state index < -0.39 is 6.04 Å². The molecule has 8 nitrogen and oxygen atoms in total. The monoisotopic (exact) mass is 525 g/mol. The zero-order valence-electron chi connectivity index (χ0n) is 20.5. The molecule has 0 spiro atoms. The van der Waals surface area contributed by atoms with E-state index >= 15 is 0 Å². The molecule has 3 amide bonds. The number of amides is 3. The summed E-state index contributed by atoms with van der Waals surface area (Å²) in [6.45, 7) is 2.07. The van der Waals surface area contributed by atoms with Crippen LogP contribution < -0.4 is 10.6 Å². The Morgan fingerprint density at radius 1 is 1.00 bits per heavy atom. The van der Waals surface area contributed by atoms with Crippen LogP contribution in [-0.4, -0.2) is 38.6 Å². The normalized spacial score (nSPS) is 14.9. The summed E-state index contributed by atoms with van der Waals surface area (Å²) in [6, 6.07) is 20.2. The number of rotatable bonds is 6. The lowest BCUT2D eigenvalue weighted by atomic mass is 10.1. The van der Waals surface area contributed by atoms with E-state index in [4.69, 9.17) is 11.6 Å². The highest BCUT2D eigenvalue weighted by atomic mass is 35.5. The summed E-state index contributed by atoms with van der Waals surface area (Å²) >= 11 is 6.14. The number of nitrogens with zero attached hydrogens (tertiary/aromatic N) is 3. The Morgan fingerprint density at radius 2 is 1.82 bits per heavy atom. The van der Waals surface area contributed by atoms with Gasteiger partial charge in [-0.3, -0.25) is 24.4 Å². The fourth-order valence-corrected chi connectivity index (χ4v) is 4.48. The lowest BCUT2D eigenvalue weighted by Gasteiger charge is -2.28. The molecule has 190 valence electrons. The molecule has 9 heteroatoms. The molecule has 0 saturated carbocycles. The summed E-state index contributed by atoms with van der Waals surface area (Å²) in [6.07, 6.45) is 3.50. The maximum Gasteiger partial charge on any atom is 0.274 e. The molecular weight excluding hydrogens is 502 g/mol. The summed E-state index contributed by atoms with van der Waals surface area (Å²) in [5, 5.41) is 6.12. The van der Waals surface area contributed by atoms with Crippen molar-refractivity contribution in [3.63, 3.8) is 0 Å². The molecular formula is C29H24ClN5O3. The molecule has 0 fully saturated rings. The molecule has 1 unspecified atom stereocenters. The summed E-state index contributed by atoms with van der Waals surface area (Å²) < 4.78 is 0. The highest BCUT2D eigenvalue weighted by Gasteiger charge is 2.35. The van der Waals surface area contributed by atoms with Crippen LogP contribution in [0.5, 0.6) is 0 Å². The first-order valence-electron chi connectivity index (χ1n) is 12.0. The lowest BCUT2D eigenvalue weighted by Crippen LogP contribution is -2.46. The molecule has 4 aromatic rings. The Balaban J connectivity index is 1.40. The third kappa shape index (κ3) is 5.55. The van der Waals surface area contributed by atoms with Crippen molar-refractivity contribution in [2.45, 2.75) is 25.9 Å².